The number of likely N-dealkylation sites (tertiary alicyclic amines) is 1. The average molecular weight is 1630 g/mol. The van der Waals surface area contributed by atoms with Crippen LogP contribution in [0.5, 0.6) is 0 Å². The smallest absolute Gasteiger partial charge is 0.306 e. The van der Waals surface area contributed by atoms with Crippen LogP contribution in [0.1, 0.15) is 503 Å². The van der Waals surface area contributed by atoms with Gasteiger partial charge in [-0.2, -0.15) is 13.2 Å². The molecule has 7 unspecified atom stereocenters. The molecule has 1 aliphatic heterocycles. The molecule has 10 atom stereocenters. The number of nitrogens with zero attached hydrogens (tertiary/aromatic N) is 1. The first-order chi connectivity index (χ1) is 60.6. The molecule has 1 nitrogen and oxygen atoms in total. The van der Waals surface area contributed by atoms with Crippen molar-refractivity contribution in [2.45, 2.75) is 489 Å². The van der Waals surface area contributed by atoms with Crippen molar-refractivity contribution >= 4 is 0 Å². The SMILES string of the molecule is CC1C2CC1C2.CC1CC2CCCC(CC2)C1.C[C@@H]1CC2CC1C2.[2H]C([2H])(C)C12CC3CC(CC(C3)C1)C2.[2H]C([2H])(C)C1CC2CC(C2)C1.[2H]C([2H])(C)C1CC2CCC1C2.[2H]C([2H])(C)C1CCC(C)(C(F)(F)F)CC1.[2H]C([2H])(C)C1CCC(C)CC1.[2H]C1(C)CC2CC(C2)C1.[2H]C1(C)CCCCC1.[2H]C1(C)CCN(C)CC1.[2H][C@@]1(C)CC2CCC1C2.[2H][C@@]1(C)CC2CCC1CC2. The highest BCUT2D eigenvalue weighted by molar-refractivity contribution is 5.02. The molecule has 20 bridgehead atoms. The highest BCUT2D eigenvalue weighted by Crippen LogP contribution is 2.62. The summed E-state index contributed by atoms with van der Waals surface area (Å²) in [6.45, 7) is 31.8. The van der Waals surface area contributed by atoms with Gasteiger partial charge < -0.3 is 4.90 Å². The summed E-state index contributed by atoms with van der Waals surface area (Å²) in [6, 6.07) is 0. The Balaban J connectivity index is 0.000000138. The molecule has 116 heavy (non-hydrogen) atoms. The number of rotatable bonds is 5. The van der Waals surface area contributed by atoms with Gasteiger partial charge in [0.1, 0.15) is 0 Å². The minimum Gasteiger partial charge on any atom is -0.306 e. The number of fused-ring (bicyclic) bond motifs is 15. The van der Waals surface area contributed by atoms with Gasteiger partial charge in [0, 0.05) is 20.6 Å². The minimum absolute atomic E-state index is 0.0388. The first-order valence-corrected chi connectivity index (χ1v) is 51.8. The molecule has 1 saturated heterocycles. The zero-order valence-corrected chi connectivity index (χ0v) is 79.3. The van der Waals surface area contributed by atoms with Gasteiger partial charge in [0.05, 0.1) is 5.41 Å². The van der Waals surface area contributed by atoms with E-state index in [1.165, 1.54) is 237 Å². The van der Waals surface area contributed by atoms with Crippen LogP contribution in [0, 0.1) is 200 Å². The van der Waals surface area contributed by atoms with Crippen LogP contribution < -0.4 is 0 Å². The number of piperidine rings is 1. The fraction of sp³-hybridized carbons (Fsp3) is 1.00. The summed E-state index contributed by atoms with van der Waals surface area (Å²) in [6.07, 6.45) is 58.2. The Morgan fingerprint density at radius 2 is 0.733 bits per heavy atom. The molecule has 0 aromatic heterocycles. The molecule has 28 saturated carbocycles. The monoisotopic (exact) mass is 1630 g/mol. The Bertz CT molecular complexity index is 3250. The largest absolute Gasteiger partial charge is 0.394 e. The molecule has 29 rings (SSSR count). The summed E-state index contributed by atoms with van der Waals surface area (Å²) in [7, 11) is 2.12. The second kappa shape index (κ2) is 47.0. The van der Waals surface area contributed by atoms with Crippen LogP contribution in [0.25, 0.3) is 0 Å². The van der Waals surface area contributed by atoms with Crippen LogP contribution in [0.4, 0.5) is 13.2 Å². The zero-order valence-electron chi connectivity index (χ0n) is 94.3. The summed E-state index contributed by atoms with van der Waals surface area (Å²) in [5, 5.41) is 0. The first-order valence-electron chi connectivity index (χ1n) is 59.3. The van der Waals surface area contributed by atoms with E-state index in [0.717, 1.165) is 189 Å². The van der Waals surface area contributed by atoms with Crippen molar-refractivity contribution in [1.29, 1.82) is 0 Å². The second-order valence-electron chi connectivity index (χ2n) is 47.1. The number of hydrogen-bond donors (Lipinski definition) is 0. The minimum atomic E-state index is -4.15. The molecule has 0 radical (unpaired) electrons. The number of hydrogen-bond acceptors (Lipinski definition) is 1. The molecule has 28 aliphatic carbocycles. The Morgan fingerprint density at radius 3 is 1.03 bits per heavy atom. The van der Waals surface area contributed by atoms with Crippen LogP contribution in [-0.2, 0) is 0 Å². The lowest BCUT2D eigenvalue weighted by molar-refractivity contribution is -0.229. The van der Waals surface area contributed by atoms with E-state index in [9.17, 15) is 13.2 Å². The van der Waals surface area contributed by atoms with E-state index >= 15 is 0 Å². The lowest BCUT2D eigenvalue weighted by Gasteiger charge is -2.56. The molecule has 29 fully saturated rings. The van der Waals surface area contributed by atoms with Crippen LogP contribution in [0.2, 0.25) is 0 Å². The Morgan fingerprint density at radius 1 is 0.319 bits per heavy atom. The van der Waals surface area contributed by atoms with E-state index in [1.807, 2.05) is 20.8 Å². The molecular weight excluding hydrogens is 1420 g/mol. The van der Waals surface area contributed by atoms with Gasteiger partial charge >= 0.3 is 6.18 Å². The van der Waals surface area contributed by atoms with Gasteiger partial charge in [-0.3, -0.25) is 0 Å². The molecule has 29 aliphatic rings. The lowest BCUT2D eigenvalue weighted by Crippen LogP contribution is -2.48. The van der Waals surface area contributed by atoms with E-state index in [-0.39, 0.29) is 53.6 Å². The second-order valence-corrected chi connectivity index (χ2v) is 47.1. The maximum absolute atomic E-state index is 12.7. The number of alkyl halides is 3. The van der Waals surface area contributed by atoms with Gasteiger partial charge in [0.2, 0.25) is 0 Å². The van der Waals surface area contributed by atoms with Crippen LogP contribution >= 0.6 is 0 Å². The van der Waals surface area contributed by atoms with E-state index in [0.29, 0.717) is 30.6 Å². The summed E-state index contributed by atoms with van der Waals surface area (Å²) >= 11 is 0. The van der Waals surface area contributed by atoms with Crippen molar-refractivity contribution in [3.8, 4) is 0 Å². The van der Waals surface area contributed by atoms with Crippen LogP contribution in [0.15, 0.2) is 0 Å². The Hall–Kier alpha value is -0.250. The van der Waals surface area contributed by atoms with Gasteiger partial charge in [-0.25, -0.2) is 0 Å². The molecule has 0 aromatic carbocycles. The van der Waals surface area contributed by atoms with E-state index in [4.69, 9.17) is 20.6 Å². The average Bonchev–Trinajstić information content (AvgIpc) is 1.73. The van der Waals surface area contributed by atoms with Gasteiger partial charge in [-0.05, 0) is 446 Å². The van der Waals surface area contributed by atoms with Gasteiger partial charge in [0.15, 0.2) is 0 Å². The highest BCUT2D eigenvalue weighted by Gasteiger charge is 2.53. The molecule has 0 spiro atoms. The Labute approximate surface area is 744 Å². The Kier molecular flexibility index (Phi) is 31.2. The van der Waals surface area contributed by atoms with Gasteiger partial charge in [-0.1, -0.05) is 251 Å². The summed E-state index contributed by atoms with van der Waals surface area (Å²) in [5.41, 5.74) is -1.53. The maximum atomic E-state index is 12.7. The third-order valence-electron chi connectivity index (χ3n) is 37.6. The van der Waals surface area contributed by atoms with E-state index < -0.39 is 43.5 Å². The predicted molar refractivity (Wildman–Crippen MR) is 498 cm³/mol. The van der Waals surface area contributed by atoms with Crippen molar-refractivity contribution in [1.82, 2.24) is 4.90 Å². The van der Waals surface area contributed by atoms with E-state index in [2.05, 4.69) is 60.4 Å². The standard InChI is InChI=1S/C12H20.C11H20.C10H17F3.3C9H16.C9H18.2C8H14.C7H15N.C7H12.C7H14.C6H10/c1-2-12-6-9-3-10(7-12)5-11(4-9)8-12;1-9-7-10-3-2-4-11(8-9)6-5-10;1-3-8-4-6-9(2,7-5-8)10(11,12)13;1-7-6-8-2-4-9(7)5-3-8;1-2-7-3-8-5-9(4-7)6-8;1-2-8-5-7-3-4-9(8)6-7;1-3-9-6-4-8(2)5-7-9;1-6-2-7-4-8(3-6)5-7;1-6-4-7-2-3-8(6)5-7;1-7-3-5-8(2)6-4-7;1-5-2-6-3-7(5)4-6;1-7-5-3-2-4-6-7;1-4-5-2-6(4)3-5/h9-11H,2-8H2,1H3;9-11H,2-8H2,1H3;8H,3-7H2,1-2H3;3*7-9H,2-6H2,1H3;8-9H,3-7H2,1-2H3;2*6-8H,2-5H2,1H3;7H,3-6H2,1-2H3;5-7H,2-4H2,1H3;7H,2-6H2,1H3;4-6H,2-3H2,1H3/t;;;7-,8?,9?;;;;;6-,7?,8?;;5-,6?,7?;;/m...1....1.1../s1/i2D2;;3D2;7D;2*2D2;3D2;2*6D;7D;;7D;. The molecule has 0 N–H and O–H groups in total. The van der Waals surface area contributed by atoms with Crippen LogP contribution in [-0.4, -0.2) is 31.2 Å². The third kappa shape index (κ3) is 29.4. The zero-order chi connectivity index (χ0) is 96.3. The summed E-state index contributed by atoms with van der Waals surface area (Å²) < 4.78 is 154. The lowest BCUT2D eigenvalue weighted by atomic mass is 9.49. The maximum Gasteiger partial charge on any atom is 0.394 e. The van der Waals surface area contributed by atoms with Crippen molar-refractivity contribution in [3.05, 3.63) is 0 Å². The fourth-order valence-electron chi connectivity index (χ4n) is 28.9. The van der Waals surface area contributed by atoms with Gasteiger partial charge in [-0.15, -0.1) is 0 Å². The molecular formula is C112H202F3N. The summed E-state index contributed by atoms with van der Waals surface area (Å²) in [4.78, 5) is 2.29. The predicted octanol–water partition coefficient (Wildman–Crippen LogP) is 35.6. The van der Waals surface area contributed by atoms with Crippen molar-refractivity contribution in [2.75, 3.05) is 20.1 Å². The van der Waals surface area contributed by atoms with Crippen molar-refractivity contribution < 1.29 is 33.7 Å². The van der Waals surface area contributed by atoms with Crippen molar-refractivity contribution in [3.63, 3.8) is 0 Å². The molecule has 0 aromatic rings. The van der Waals surface area contributed by atoms with Crippen LogP contribution in [0.3, 0.4) is 0 Å². The quantitative estimate of drug-likeness (QED) is 0.265. The molecule has 676 valence electrons. The number of halogens is 3. The molecule has 4 heteroatoms. The molecule has 0 amide bonds. The first kappa shape index (κ1) is 76.9. The molecule has 1 heterocycles. The van der Waals surface area contributed by atoms with Gasteiger partial charge in [0.25, 0.3) is 0 Å². The normalized spacial score (nSPS) is 50.6. The highest BCUT2D eigenvalue weighted by atomic mass is 19.4. The van der Waals surface area contributed by atoms with E-state index in [1.54, 1.807) is 78.6 Å². The summed E-state index contributed by atoms with van der Waals surface area (Å²) in [5.74, 6) is 22.6. The fourth-order valence-corrected chi connectivity index (χ4v) is 28.9. The topological polar surface area (TPSA) is 3.24 Å². The van der Waals surface area contributed by atoms with Crippen molar-refractivity contribution in [2.24, 2.45) is 200 Å². The third-order valence-corrected chi connectivity index (χ3v) is 37.6.